The van der Waals surface area contributed by atoms with Gasteiger partial charge < -0.3 is 10.6 Å². The Hall–Kier alpha value is -5.70. The minimum atomic E-state index is 0.802. The lowest BCUT2D eigenvalue weighted by atomic mass is 10.1. The predicted octanol–water partition coefficient (Wildman–Crippen LogP) is 13.2. The molecule has 6 aromatic carbocycles. The van der Waals surface area contributed by atoms with Gasteiger partial charge in [-0.15, -0.1) is 0 Å². The molecule has 0 amide bonds. The number of amidine groups is 2. The van der Waals surface area contributed by atoms with Crippen LogP contribution in [0.5, 0.6) is 0 Å². The first-order chi connectivity index (χ1) is 27.4. The Morgan fingerprint density at radius 3 is 1.16 bits per heavy atom. The van der Waals surface area contributed by atoms with E-state index >= 15 is 0 Å². The van der Waals surface area contributed by atoms with Crippen LogP contribution in [0.25, 0.3) is 0 Å². The molecule has 1 heterocycles. The number of hydrogen-bond donors (Lipinski definition) is 2. The van der Waals surface area contributed by atoms with Crippen molar-refractivity contribution < 1.29 is 0 Å². The Kier molecular flexibility index (Phi) is 12.9. The van der Waals surface area contributed by atoms with Crippen LogP contribution in [0.4, 0.5) is 34.1 Å². The van der Waals surface area contributed by atoms with Crippen LogP contribution >= 0.6 is 23.5 Å². The molecule has 0 aromatic heterocycles. The molecule has 282 valence electrons. The molecule has 0 fully saturated rings. The Bertz CT molecular complexity index is 2140. The van der Waals surface area contributed by atoms with E-state index in [0.29, 0.717) is 0 Å². The molecule has 0 bridgehead atoms. The zero-order valence-electron chi connectivity index (χ0n) is 32.4. The van der Waals surface area contributed by atoms with E-state index in [2.05, 4.69) is 169 Å². The van der Waals surface area contributed by atoms with Gasteiger partial charge in [-0.2, -0.15) is 0 Å². The molecule has 0 aliphatic carbocycles. The van der Waals surface area contributed by atoms with Crippen molar-refractivity contribution >= 4 is 68.0 Å². The Balaban J connectivity index is 1.63. The van der Waals surface area contributed by atoms with Gasteiger partial charge in [-0.25, -0.2) is 9.98 Å². The van der Waals surface area contributed by atoms with E-state index in [0.717, 1.165) is 91.6 Å². The molecule has 0 radical (unpaired) electrons. The van der Waals surface area contributed by atoms with Crippen molar-refractivity contribution in [2.24, 2.45) is 9.98 Å². The van der Waals surface area contributed by atoms with E-state index in [4.69, 9.17) is 9.98 Å². The number of thioether (sulfide) groups is 2. The number of aryl methyl sites for hydroxylation is 4. The van der Waals surface area contributed by atoms with Gasteiger partial charge in [-0.05, 0) is 112 Å². The number of nitrogens with one attached hydrogen (secondary N) is 2. The van der Waals surface area contributed by atoms with E-state index in [1.54, 1.807) is 23.5 Å². The largest absolute Gasteiger partial charge is 0.338 e. The minimum absolute atomic E-state index is 0.802. The number of hydrogen-bond acceptors (Lipinski definition) is 6. The molecule has 8 heteroatoms. The van der Waals surface area contributed by atoms with Gasteiger partial charge in [0, 0.05) is 34.3 Å². The first-order valence-corrected chi connectivity index (χ1v) is 21.1. The van der Waals surface area contributed by atoms with Gasteiger partial charge in [0.25, 0.3) is 0 Å². The second-order valence-corrected chi connectivity index (χ2v) is 15.9. The quantitative estimate of drug-likeness (QED) is 0.161. The molecule has 56 heavy (non-hydrogen) atoms. The standard InChI is InChI=1S/C48H48N6S2/c1-35-25-29-41(30-26-35)53-45(51-43-23-13-11-17-37(43)3)46(52-44-24-14-12-18-38(44)4)54(42-31-27-36(2)28-32-42)48(50-40-21-9-6-10-22-40)56-34-16-15-33-55-47(53)49-39-19-7-5-8-20-39/h5-14,17-32,51-52H,15-16,33-34H2,1-4H3/b46-45-,49-47?,50-48?. The van der Waals surface area contributed by atoms with Crippen molar-refractivity contribution in [2.75, 3.05) is 31.9 Å². The van der Waals surface area contributed by atoms with E-state index < -0.39 is 0 Å². The van der Waals surface area contributed by atoms with Crippen molar-refractivity contribution in [3.63, 3.8) is 0 Å². The third-order valence-corrected chi connectivity index (χ3v) is 11.4. The summed E-state index contributed by atoms with van der Waals surface area (Å²) in [5.41, 5.74) is 10.3. The SMILES string of the molecule is Cc1ccc(N2C(=Nc3ccccc3)SCCCCSC(=Nc3ccccc3)N(c3ccc(C)cc3)/C(Nc3ccccc3C)=C\2Nc2ccccc2C)cc1. The van der Waals surface area contributed by atoms with Gasteiger partial charge >= 0.3 is 0 Å². The van der Waals surface area contributed by atoms with Crippen molar-refractivity contribution in [2.45, 2.75) is 40.5 Å². The third-order valence-electron chi connectivity index (χ3n) is 9.40. The molecule has 6 nitrogen and oxygen atoms in total. The summed E-state index contributed by atoms with van der Waals surface area (Å²) in [5.74, 6) is 3.41. The molecule has 0 spiro atoms. The smallest absolute Gasteiger partial charge is 0.174 e. The highest BCUT2D eigenvalue weighted by atomic mass is 32.2. The van der Waals surface area contributed by atoms with Crippen molar-refractivity contribution in [3.05, 3.63) is 192 Å². The molecular formula is C48H48N6S2. The van der Waals surface area contributed by atoms with Gasteiger partial charge in [0.1, 0.15) is 0 Å². The predicted molar refractivity (Wildman–Crippen MR) is 245 cm³/mol. The zero-order chi connectivity index (χ0) is 38.7. The van der Waals surface area contributed by atoms with Gasteiger partial charge in [0.2, 0.25) is 0 Å². The Labute approximate surface area is 340 Å². The van der Waals surface area contributed by atoms with E-state index in [9.17, 15) is 0 Å². The summed E-state index contributed by atoms with van der Waals surface area (Å²) >= 11 is 3.57. The Morgan fingerprint density at radius 2 is 0.786 bits per heavy atom. The van der Waals surface area contributed by atoms with Crippen LogP contribution in [-0.2, 0) is 0 Å². The fourth-order valence-electron chi connectivity index (χ4n) is 6.23. The number of aliphatic imine (C=N–C) groups is 2. The molecule has 0 unspecified atom stereocenters. The number of anilines is 4. The summed E-state index contributed by atoms with van der Waals surface area (Å²) in [4.78, 5) is 15.5. The number of nitrogens with zero attached hydrogens (tertiary/aromatic N) is 4. The fraction of sp³-hybridized carbons (Fsp3) is 0.167. The van der Waals surface area contributed by atoms with Crippen LogP contribution in [0, 0.1) is 27.7 Å². The van der Waals surface area contributed by atoms with E-state index in [-0.39, 0.29) is 0 Å². The lowest BCUT2D eigenvalue weighted by Crippen LogP contribution is -2.41. The second-order valence-electron chi connectivity index (χ2n) is 13.8. The molecule has 2 N–H and O–H groups in total. The average molecular weight is 773 g/mol. The molecule has 7 rings (SSSR count). The maximum atomic E-state index is 5.45. The summed E-state index contributed by atoms with van der Waals surface area (Å²) in [6.45, 7) is 8.55. The summed E-state index contributed by atoms with van der Waals surface area (Å²) in [6.07, 6.45) is 2.05. The van der Waals surface area contributed by atoms with Crippen LogP contribution in [-0.4, -0.2) is 21.8 Å². The van der Waals surface area contributed by atoms with E-state index in [1.165, 1.54) is 11.1 Å². The summed E-state index contributed by atoms with van der Waals surface area (Å²) in [6, 6.07) is 54.9. The number of benzene rings is 6. The number of para-hydroxylation sites is 4. The Morgan fingerprint density at radius 1 is 0.429 bits per heavy atom. The molecule has 1 aliphatic heterocycles. The second kappa shape index (κ2) is 18.8. The van der Waals surface area contributed by atoms with Crippen LogP contribution in [0.1, 0.15) is 35.1 Å². The van der Waals surface area contributed by atoms with Crippen molar-refractivity contribution in [1.29, 1.82) is 0 Å². The topological polar surface area (TPSA) is 55.3 Å². The van der Waals surface area contributed by atoms with Gasteiger partial charge in [0.15, 0.2) is 22.0 Å². The normalized spacial score (nSPS) is 17.0. The highest BCUT2D eigenvalue weighted by Gasteiger charge is 2.31. The van der Waals surface area contributed by atoms with Gasteiger partial charge in [0.05, 0.1) is 11.4 Å². The van der Waals surface area contributed by atoms with Crippen LogP contribution in [0.15, 0.2) is 179 Å². The van der Waals surface area contributed by atoms with E-state index in [1.807, 2.05) is 36.4 Å². The molecule has 6 aromatic rings. The summed E-state index contributed by atoms with van der Waals surface area (Å²) in [5, 5.41) is 9.74. The monoisotopic (exact) mass is 772 g/mol. The molecule has 0 saturated carbocycles. The van der Waals surface area contributed by atoms with Gasteiger partial charge in [-0.1, -0.05) is 132 Å². The molecular weight excluding hydrogens is 725 g/mol. The average Bonchev–Trinajstić information content (AvgIpc) is 3.21. The first-order valence-electron chi connectivity index (χ1n) is 19.1. The van der Waals surface area contributed by atoms with Crippen LogP contribution < -0.4 is 20.4 Å². The van der Waals surface area contributed by atoms with Crippen LogP contribution in [0.2, 0.25) is 0 Å². The number of rotatable bonds is 8. The highest BCUT2D eigenvalue weighted by molar-refractivity contribution is 8.14. The minimum Gasteiger partial charge on any atom is -0.338 e. The van der Waals surface area contributed by atoms with Crippen LogP contribution in [0.3, 0.4) is 0 Å². The first kappa shape index (κ1) is 38.6. The summed E-state index contributed by atoms with van der Waals surface area (Å²) < 4.78 is 0. The fourth-order valence-corrected chi connectivity index (χ4v) is 8.29. The highest BCUT2D eigenvalue weighted by Crippen LogP contribution is 2.37. The molecule has 0 saturated heterocycles. The maximum Gasteiger partial charge on any atom is 0.174 e. The van der Waals surface area contributed by atoms with Crippen molar-refractivity contribution in [3.8, 4) is 0 Å². The maximum absolute atomic E-state index is 5.45. The lowest BCUT2D eigenvalue weighted by molar-refractivity contribution is 0.910. The van der Waals surface area contributed by atoms with Crippen molar-refractivity contribution in [1.82, 2.24) is 0 Å². The van der Waals surface area contributed by atoms with Gasteiger partial charge in [-0.3, -0.25) is 9.80 Å². The third kappa shape index (κ3) is 9.75. The zero-order valence-corrected chi connectivity index (χ0v) is 34.1. The molecule has 1 aliphatic rings. The molecule has 0 atom stereocenters. The summed E-state index contributed by atoms with van der Waals surface area (Å²) in [7, 11) is 0. The lowest BCUT2D eigenvalue weighted by Gasteiger charge is -2.37.